The van der Waals surface area contributed by atoms with Gasteiger partial charge in [0.25, 0.3) is 0 Å². The van der Waals surface area contributed by atoms with Crippen LogP contribution in [0.5, 0.6) is 0 Å². The van der Waals surface area contributed by atoms with Gasteiger partial charge in [-0.3, -0.25) is 4.79 Å². The van der Waals surface area contributed by atoms with Crippen molar-refractivity contribution < 1.29 is 4.79 Å². The third-order valence-corrected chi connectivity index (χ3v) is 3.53. The van der Waals surface area contributed by atoms with Gasteiger partial charge in [0, 0.05) is 25.2 Å². The van der Waals surface area contributed by atoms with E-state index in [0.717, 1.165) is 29.1 Å². The number of aryl methyl sites for hydroxylation is 1. The van der Waals surface area contributed by atoms with Crippen LogP contribution in [-0.2, 0) is 11.3 Å². The average molecular weight is 253 g/mol. The zero-order valence-corrected chi connectivity index (χ0v) is 10.9. The van der Waals surface area contributed by atoms with Crippen LogP contribution in [0.4, 0.5) is 0 Å². The molecule has 0 saturated carbocycles. The first-order valence-corrected chi connectivity index (χ1v) is 6.19. The lowest BCUT2D eigenvalue weighted by Gasteiger charge is -2.13. The van der Waals surface area contributed by atoms with Crippen LogP contribution in [0.2, 0.25) is 5.02 Å². The number of halogens is 1. The van der Waals surface area contributed by atoms with E-state index in [9.17, 15) is 4.79 Å². The molecule has 1 heterocycles. The number of likely N-dealkylation sites (N-methyl/N-ethyl adjacent to an activating group) is 1. The molecule has 3 nitrogen and oxygen atoms in total. The Hall–Kier alpha value is -1.06. The SMILES string of the molecule is Cc1ccc(CNC2CCN(C)C2=O)c(Cl)c1. The molecule has 92 valence electrons. The minimum absolute atomic E-state index is 0.0580. The van der Waals surface area contributed by atoms with Crippen molar-refractivity contribution in [2.45, 2.75) is 25.9 Å². The predicted octanol–water partition coefficient (Wildman–Crippen LogP) is 1.97. The molecule has 1 N–H and O–H groups in total. The highest BCUT2D eigenvalue weighted by atomic mass is 35.5. The monoisotopic (exact) mass is 252 g/mol. The van der Waals surface area contributed by atoms with E-state index in [2.05, 4.69) is 5.32 Å². The van der Waals surface area contributed by atoms with E-state index in [-0.39, 0.29) is 11.9 Å². The highest BCUT2D eigenvalue weighted by Crippen LogP contribution is 2.18. The number of amides is 1. The Balaban J connectivity index is 1.96. The molecular formula is C13H17ClN2O. The molecule has 1 aromatic rings. The number of hydrogen-bond donors (Lipinski definition) is 1. The molecule has 0 aromatic heterocycles. The van der Waals surface area contributed by atoms with Gasteiger partial charge in [0.05, 0.1) is 6.04 Å². The quantitative estimate of drug-likeness (QED) is 0.892. The van der Waals surface area contributed by atoms with E-state index in [0.29, 0.717) is 6.54 Å². The molecule has 17 heavy (non-hydrogen) atoms. The summed E-state index contributed by atoms with van der Waals surface area (Å²) in [5, 5.41) is 4.02. The minimum Gasteiger partial charge on any atom is -0.344 e. The lowest BCUT2D eigenvalue weighted by Crippen LogP contribution is -2.36. The Morgan fingerprint density at radius 2 is 2.29 bits per heavy atom. The van der Waals surface area contributed by atoms with Crippen LogP contribution in [-0.4, -0.2) is 30.4 Å². The van der Waals surface area contributed by atoms with Crippen LogP contribution in [0.25, 0.3) is 0 Å². The molecule has 0 spiro atoms. The Bertz CT molecular complexity index is 433. The smallest absolute Gasteiger partial charge is 0.239 e. The van der Waals surface area contributed by atoms with E-state index >= 15 is 0 Å². The molecule has 4 heteroatoms. The standard InChI is InChI=1S/C13H17ClN2O/c1-9-3-4-10(11(14)7-9)8-15-12-5-6-16(2)13(12)17/h3-4,7,12,15H,5-6,8H2,1-2H3. The van der Waals surface area contributed by atoms with E-state index in [1.165, 1.54) is 0 Å². The van der Waals surface area contributed by atoms with Crippen molar-refractivity contribution in [3.8, 4) is 0 Å². The van der Waals surface area contributed by atoms with E-state index in [1.54, 1.807) is 4.90 Å². The van der Waals surface area contributed by atoms with Crippen molar-refractivity contribution in [1.29, 1.82) is 0 Å². The second-order valence-electron chi connectivity index (χ2n) is 4.58. The fourth-order valence-corrected chi connectivity index (χ4v) is 2.34. The number of hydrogen-bond acceptors (Lipinski definition) is 2. The first-order valence-electron chi connectivity index (χ1n) is 5.81. The van der Waals surface area contributed by atoms with Gasteiger partial charge in [0.15, 0.2) is 0 Å². The van der Waals surface area contributed by atoms with Crippen LogP contribution in [0.3, 0.4) is 0 Å². The van der Waals surface area contributed by atoms with Gasteiger partial charge in [-0.05, 0) is 30.5 Å². The fraction of sp³-hybridized carbons (Fsp3) is 0.462. The molecule has 1 unspecified atom stereocenters. The maximum Gasteiger partial charge on any atom is 0.239 e. The number of nitrogens with one attached hydrogen (secondary N) is 1. The first-order chi connectivity index (χ1) is 8.08. The van der Waals surface area contributed by atoms with Gasteiger partial charge in [0.1, 0.15) is 0 Å². The number of carbonyl (C=O) groups is 1. The van der Waals surface area contributed by atoms with Crippen LogP contribution in [0, 0.1) is 6.92 Å². The minimum atomic E-state index is -0.0580. The van der Waals surface area contributed by atoms with Crippen LogP contribution >= 0.6 is 11.6 Å². The summed E-state index contributed by atoms with van der Waals surface area (Å²) < 4.78 is 0. The summed E-state index contributed by atoms with van der Waals surface area (Å²) in [4.78, 5) is 13.5. The Morgan fingerprint density at radius 3 is 2.88 bits per heavy atom. The van der Waals surface area contributed by atoms with Gasteiger partial charge >= 0.3 is 0 Å². The normalized spacial score (nSPS) is 20.1. The summed E-state index contributed by atoms with van der Waals surface area (Å²) in [5.41, 5.74) is 2.19. The third-order valence-electron chi connectivity index (χ3n) is 3.17. The van der Waals surface area contributed by atoms with Gasteiger partial charge in [-0.1, -0.05) is 23.7 Å². The van der Waals surface area contributed by atoms with Crippen LogP contribution in [0.15, 0.2) is 18.2 Å². The molecule has 1 aromatic carbocycles. The van der Waals surface area contributed by atoms with Crippen LogP contribution in [0.1, 0.15) is 17.5 Å². The number of rotatable bonds is 3. The molecule has 1 atom stereocenters. The zero-order valence-electron chi connectivity index (χ0n) is 10.2. The van der Waals surface area contributed by atoms with Gasteiger partial charge < -0.3 is 10.2 Å². The number of benzene rings is 1. The lowest BCUT2D eigenvalue weighted by atomic mass is 10.1. The van der Waals surface area contributed by atoms with Gasteiger partial charge in [-0.2, -0.15) is 0 Å². The molecule has 1 fully saturated rings. The first kappa shape index (κ1) is 12.4. The number of likely N-dealkylation sites (tertiary alicyclic amines) is 1. The maximum absolute atomic E-state index is 11.7. The molecule has 2 rings (SSSR count). The summed E-state index contributed by atoms with van der Waals surface area (Å²) >= 11 is 6.14. The molecule has 0 bridgehead atoms. The van der Waals surface area contributed by atoms with Gasteiger partial charge in [-0.25, -0.2) is 0 Å². The molecular weight excluding hydrogens is 236 g/mol. The molecule has 1 aliphatic heterocycles. The largest absolute Gasteiger partial charge is 0.344 e. The average Bonchev–Trinajstić information content (AvgIpc) is 2.59. The predicted molar refractivity (Wildman–Crippen MR) is 69.1 cm³/mol. The topological polar surface area (TPSA) is 32.3 Å². The van der Waals surface area contributed by atoms with Crippen molar-refractivity contribution in [3.63, 3.8) is 0 Å². The van der Waals surface area contributed by atoms with E-state index in [1.807, 2.05) is 32.2 Å². The van der Waals surface area contributed by atoms with Crippen molar-refractivity contribution in [3.05, 3.63) is 34.3 Å². The molecule has 1 saturated heterocycles. The summed E-state index contributed by atoms with van der Waals surface area (Å²) in [6, 6.07) is 5.93. The summed E-state index contributed by atoms with van der Waals surface area (Å²) in [6.45, 7) is 3.49. The fourth-order valence-electron chi connectivity index (χ4n) is 2.04. The third kappa shape index (κ3) is 2.79. The Kier molecular flexibility index (Phi) is 3.69. The van der Waals surface area contributed by atoms with Gasteiger partial charge in [-0.15, -0.1) is 0 Å². The zero-order chi connectivity index (χ0) is 12.4. The number of carbonyl (C=O) groups excluding carboxylic acids is 1. The summed E-state index contributed by atoms with van der Waals surface area (Å²) in [5.74, 6) is 0.174. The van der Waals surface area contributed by atoms with E-state index < -0.39 is 0 Å². The summed E-state index contributed by atoms with van der Waals surface area (Å²) in [7, 11) is 1.84. The van der Waals surface area contributed by atoms with Crippen molar-refractivity contribution >= 4 is 17.5 Å². The maximum atomic E-state index is 11.7. The Labute approximate surface area is 107 Å². The highest BCUT2D eigenvalue weighted by Gasteiger charge is 2.28. The van der Waals surface area contributed by atoms with Crippen LogP contribution < -0.4 is 5.32 Å². The van der Waals surface area contributed by atoms with Crippen molar-refractivity contribution in [1.82, 2.24) is 10.2 Å². The highest BCUT2D eigenvalue weighted by molar-refractivity contribution is 6.31. The molecule has 1 amide bonds. The second-order valence-corrected chi connectivity index (χ2v) is 4.98. The number of nitrogens with zero attached hydrogens (tertiary/aromatic N) is 1. The molecule has 1 aliphatic rings. The molecule has 0 aliphatic carbocycles. The lowest BCUT2D eigenvalue weighted by molar-refractivity contribution is -0.128. The summed E-state index contributed by atoms with van der Waals surface area (Å²) in [6.07, 6.45) is 0.874. The molecule has 0 radical (unpaired) electrons. The Morgan fingerprint density at radius 1 is 1.53 bits per heavy atom. The van der Waals surface area contributed by atoms with Gasteiger partial charge in [0.2, 0.25) is 5.91 Å². The van der Waals surface area contributed by atoms with Crippen molar-refractivity contribution in [2.24, 2.45) is 0 Å². The van der Waals surface area contributed by atoms with Crippen molar-refractivity contribution in [2.75, 3.05) is 13.6 Å². The second kappa shape index (κ2) is 5.07. The van der Waals surface area contributed by atoms with E-state index in [4.69, 9.17) is 11.6 Å².